The molecule has 10 heavy (non-hydrogen) atoms. The molecule has 0 aromatic heterocycles. The van der Waals surface area contributed by atoms with Gasteiger partial charge in [-0.15, -0.1) is 11.8 Å². The maximum atomic E-state index is 10.1. The lowest BCUT2D eigenvalue weighted by atomic mass is 10.4. The molecule has 1 unspecified atom stereocenters. The third kappa shape index (κ3) is 4.22. The van der Waals surface area contributed by atoms with E-state index in [0.717, 1.165) is 0 Å². The monoisotopic (exact) mass is 162 g/mol. The van der Waals surface area contributed by atoms with E-state index in [-0.39, 0.29) is 0 Å². The van der Waals surface area contributed by atoms with Gasteiger partial charge in [0.1, 0.15) is 6.04 Å². The predicted octanol–water partition coefficient (Wildman–Crippen LogP) is -0.439. The molecule has 0 aliphatic heterocycles. The fourth-order valence-electron chi connectivity index (χ4n) is 0.286. The summed E-state index contributed by atoms with van der Waals surface area (Å²) in [5.41, 5.74) is 10.2. The summed E-state index contributed by atoms with van der Waals surface area (Å²) in [5, 5.41) is 9.89. The third-order valence-electron chi connectivity index (χ3n) is 0.768. The highest BCUT2D eigenvalue weighted by atomic mass is 32.2. The Kier molecular flexibility index (Phi) is 4.78. The number of aliphatic carboxylic acids is 1. The Morgan fingerprint density at radius 2 is 2.40 bits per heavy atom. The van der Waals surface area contributed by atoms with Crippen molar-refractivity contribution in [3.05, 3.63) is 11.6 Å². The summed E-state index contributed by atoms with van der Waals surface area (Å²) < 4.78 is 0. The molecular weight excluding hydrogens is 152 g/mol. The zero-order valence-electron chi connectivity index (χ0n) is 5.36. The highest BCUT2D eigenvalue weighted by Crippen LogP contribution is 2.01. The topological polar surface area (TPSA) is 89.3 Å². The minimum absolute atomic E-state index is 0.350. The van der Waals surface area contributed by atoms with E-state index in [1.807, 2.05) is 0 Å². The number of nitrogens with two attached hydrogens (primary N) is 2. The van der Waals surface area contributed by atoms with Crippen molar-refractivity contribution in [2.24, 2.45) is 11.5 Å². The van der Waals surface area contributed by atoms with E-state index in [1.165, 1.54) is 18.0 Å². The van der Waals surface area contributed by atoms with Gasteiger partial charge in [0.05, 0.1) is 0 Å². The summed E-state index contributed by atoms with van der Waals surface area (Å²) in [6, 6.07) is -0.804. The second kappa shape index (κ2) is 5.13. The van der Waals surface area contributed by atoms with Gasteiger partial charge in [-0.2, -0.15) is 0 Å². The average Bonchev–Trinajstić information content (AvgIpc) is 1.88. The van der Waals surface area contributed by atoms with Gasteiger partial charge in [0.25, 0.3) is 0 Å². The highest BCUT2D eigenvalue weighted by molar-refractivity contribution is 8.02. The Labute approximate surface area is 63.3 Å². The standard InChI is InChI=1S/C5H10N2O2S/c6-1-2-10-3-4(7)5(8)9/h1-2,4H,3,6-7H2,(H,8,9)/b2-1+. The first kappa shape index (κ1) is 9.32. The minimum Gasteiger partial charge on any atom is -0.480 e. The number of carboxylic acids is 1. The normalized spacial score (nSPS) is 13.7. The Hall–Kier alpha value is -0.680. The molecule has 0 radical (unpaired) electrons. The molecule has 0 aliphatic carbocycles. The van der Waals surface area contributed by atoms with E-state index in [1.54, 1.807) is 5.41 Å². The lowest BCUT2D eigenvalue weighted by Gasteiger charge is -2.01. The number of hydrogen-bond acceptors (Lipinski definition) is 4. The first-order valence-corrected chi connectivity index (χ1v) is 3.70. The minimum atomic E-state index is -0.988. The van der Waals surface area contributed by atoms with Gasteiger partial charge in [-0.25, -0.2) is 0 Å². The number of rotatable bonds is 4. The Bertz CT molecular complexity index is 138. The van der Waals surface area contributed by atoms with Crippen LogP contribution in [0.5, 0.6) is 0 Å². The summed E-state index contributed by atoms with van der Waals surface area (Å²) >= 11 is 1.28. The Morgan fingerprint density at radius 1 is 1.80 bits per heavy atom. The van der Waals surface area contributed by atoms with Crippen LogP contribution < -0.4 is 11.5 Å². The molecule has 1 atom stereocenters. The Morgan fingerprint density at radius 3 is 2.80 bits per heavy atom. The van der Waals surface area contributed by atoms with E-state index in [4.69, 9.17) is 16.6 Å². The zero-order chi connectivity index (χ0) is 7.98. The number of thioether (sulfide) groups is 1. The van der Waals surface area contributed by atoms with Crippen molar-refractivity contribution in [1.29, 1.82) is 0 Å². The predicted molar refractivity (Wildman–Crippen MR) is 41.4 cm³/mol. The molecule has 0 rings (SSSR count). The number of hydrogen-bond donors (Lipinski definition) is 3. The summed E-state index contributed by atoms with van der Waals surface area (Å²) in [6.07, 6.45) is 1.35. The summed E-state index contributed by atoms with van der Waals surface area (Å²) in [6.45, 7) is 0. The summed E-state index contributed by atoms with van der Waals surface area (Å²) in [5.74, 6) is -0.638. The molecule has 0 amide bonds. The summed E-state index contributed by atoms with van der Waals surface area (Å²) in [7, 11) is 0. The number of carbonyl (C=O) groups is 1. The van der Waals surface area contributed by atoms with Crippen molar-refractivity contribution in [3.8, 4) is 0 Å². The molecule has 0 aromatic rings. The van der Waals surface area contributed by atoms with Gasteiger partial charge in [-0.05, 0) is 5.41 Å². The average molecular weight is 162 g/mol. The molecule has 0 spiro atoms. The van der Waals surface area contributed by atoms with E-state index < -0.39 is 12.0 Å². The van der Waals surface area contributed by atoms with Crippen LogP contribution in [0, 0.1) is 0 Å². The van der Waals surface area contributed by atoms with Gasteiger partial charge in [-0.1, -0.05) is 0 Å². The van der Waals surface area contributed by atoms with Crippen molar-refractivity contribution in [2.75, 3.05) is 5.75 Å². The van der Waals surface area contributed by atoms with Crippen molar-refractivity contribution >= 4 is 17.7 Å². The molecule has 4 nitrogen and oxygen atoms in total. The zero-order valence-corrected chi connectivity index (χ0v) is 6.17. The molecule has 5 heteroatoms. The molecule has 0 saturated carbocycles. The molecular formula is C5H10N2O2S. The molecule has 0 saturated heterocycles. The van der Waals surface area contributed by atoms with Crippen LogP contribution >= 0.6 is 11.8 Å². The van der Waals surface area contributed by atoms with Crippen molar-refractivity contribution in [3.63, 3.8) is 0 Å². The van der Waals surface area contributed by atoms with Crippen LogP contribution in [0.3, 0.4) is 0 Å². The van der Waals surface area contributed by atoms with Crippen LogP contribution in [0.1, 0.15) is 0 Å². The second-order valence-corrected chi connectivity index (χ2v) is 2.55. The van der Waals surface area contributed by atoms with Crippen molar-refractivity contribution in [1.82, 2.24) is 0 Å². The molecule has 0 fully saturated rings. The van der Waals surface area contributed by atoms with Crippen LogP contribution in [0.25, 0.3) is 0 Å². The van der Waals surface area contributed by atoms with Gasteiger partial charge < -0.3 is 16.6 Å². The first-order chi connectivity index (χ1) is 4.68. The van der Waals surface area contributed by atoms with Crippen molar-refractivity contribution in [2.45, 2.75) is 6.04 Å². The molecule has 0 heterocycles. The van der Waals surface area contributed by atoms with E-state index in [9.17, 15) is 4.79 Å². The van der Waals surface area contributed by atoms with Gasteiger partial charge in [0.15, 0.2) is 0 Å². The van der Waals surface area contributed by atoms with Gasteiger partial charge in [-0.3, -0.25) is 4.79 Å². The second-order valence-electron chi connectivity index (χ2n) is 1.61. The molecule has 5 N–H and O–H groups in total. The maximum Gasteiger partial charge on any atom is 0.321 e. The van der Waals surface area contributed by atoms with Crippen LogP contribution in [0.15, 0.2) is 11.6 Å². The maximum absolute atomic E-state index is 10.1. The lowest BCUT2D eigenvalue weighted by Crippen LogP contribution is -2.32. The van der Waals surface area contributed by atoms with Crippen molar-refractivity contribution < 1.29 is 9.90 Å². The number of carboxylic acid groups (broad SMARTS) is 1. The fourth-order valence-corrected chi connectivity index (χ4v) is 0.858. The third-order valence-corrected chi connectivity index (χ3v) is 1.67. The molecule has 0 aromatic carbocycles. The largest absolute Gasteiger partial charge is 0.480 e. The lowest BCUT2D eigenvalue weighted by molar-refractivity contribution is -0.137. The van der Waals surface area contributed by atoms with Crippen LogP contribution in [0.2, 0.25) is 0 Å². The fraction of sp³-hybridized carbons (Fsp3) is 0.400. The van der Waals surface area contributed by atoms with E-state index in [0.29, 0.717) is 5.75 Å². The summed E-state index contributed by atoms with van der Waals surface area (Å²) in [4.78, 5) is 10.1. The SMILES string of the molecule is N/C=C/SCC(N)C(=O)O. The van der Waals surface area contributed by atoms with E-state index >= 15 is 0 Å². The molecule has 0 bridgehead atoms. The van der Waals surface area contributed by atoms with E-state index in [2.05, 4.69) is 0 Å². The van der Waals surface area contributed by atoms with Gasteiger partial charge in [0.2, 0.25) is 0 Å². The molecule has 58 valence electrons. The smallest absolute Gasteiger partial charge is 0.321 e. The Balaban J connectivity index is 3.39. The van der Waals surface area contributed by atoms with Crippen LogP contribution in [0.4, 0.5) is 0 Å². The first-order valence-electron chi connectivity index (χ1n) is 2.65. The van der Waals surface area contributed by atoms with Gasteiger partial charge in [0, 0.05) is 12.0 Å². The molecule has 0 aliphatic rings. The quantitative estimate of drug-likeness (QED) is 0.521. The van der Waals surface area contributed by atoms with Crippen LogP contribution in [-0.4, -0.2) is 22.9 Å². The van der Waals surface area contributed by atoms with Gasteiger partial charge >= 0.3 is 5.97 Å². The highest BCUT2D eigenvalue weighted by Gasteiger charge is 2.09. The van der Waals surface area contributed by atoms with Crippen LogP contribution in [-0.2, 0) is 4.79 Å².